The molecule has 0 atom stereocenters. The molecule has 1 heterocycles. The van der Waals surface area contributed by atoms with E-state index in [1.807, 2.05) is 17.5 Å². The lowest BCUT2D eigenvalue weighted by Crippen LogP contribution is -1.91. The zero-order valence-electron chi connectivity index (χ0n) is 8.57. The maximum Gasteiger partial charge on any atom is 0.118 e. The van der Waals surface area contributed by atoms with Gasteiger partial charge in [-0.2, -0.15) is 0 Å². The Bertz CT molecular complexity index is 433. The molecule has 0 aliphatic carbocycles. The predicted octanol–water partition coefficient (Wildman–Crippen LogP) is 2.93. The molecule has 15 heavy (non-hydrogen) atoms. The fourth-order valence-corrected chi connectivity index (χ4v) is 2.19. The third kappa shape index (κ3) is 2.30. The van der Waals surface area contributed by atoms with E-state index < -0.39 is 0 Å². The van der Waals surface area contributed by atoms with Crippen molar-refractivity contribution < 1.29 is 4.74 Å². The Kier molecular flexibility index (Phi) is 2.92. The predicted molar refractivity (Wildman–Crippen MR) is 64.5 cm³/mol. The zero-order valence-corrected chi connectivity index (χ0v) is 9.38. The van der Waals surface area contributed by atoms with E-state index in [0.717, 1.165) is 17.9 Å². The summed E-state index contributed by atoms with van der Waals surface area (Å²) in [5.74, 6) is 0.886. The number of thiophene rings is 1. The standard InChI is InChI=1S/C12H13NOS/c1-14-11-4-2-9(3-5-11)6-10-7-15-8-12(10)13/h2-5,7-8H,6,13H2,1H3. The van der Waals surface area contributed by atoms with E-state index in [4.69, 9.17) is 10.5 Å². The van der Waals surface area contributed by atoms with Gasteiger partial charge >= 0.3 is 0 Å². The highest BCUT2D eigenvalue weighted by molar-refractivity contribution is 7.08. The first-order valence-corrected chi connectivity index (χ1v) is 5.67. The summed E-state index contributed by atoms with van der Waals surface area (Å²) < 4.78 is 5.11. The first-order valence-electron chi connectivity index (χ1n) is 4.73. The lowest BCUT2D eigenvalue weighted by molar-refractivity contribution is 0.414. The minimum absolute atomic E-state index is 0.885. The molecular weight excluding hydrogens is 206 g/mol. The van der Waals surface area contributed by atoms with Crippen LogP contribution in [0, 0.1) is 0 Å². The van der Waals surface area contributed by atoms with Crippen LogP contribution < -0.4 is 10.5 Å². The van der Waals surface area contributed by atoms with Crippen molar-refractivity contribution in [3.05, 3.63) is 46.2 Å². The molecule has 2 aromatic rings. The van der Waals surface area contributed by atoms with E-state index in [0.29, 0.717) is 0 Å². The van der Waals surface area contributed by atoms with Crippen molar-refractivity contribution >= 4 is 17.0 Å². The summed E-state index contributed by atoms with van der Waals surface area (Å²) in [6.07, 6.45) is 0.888. The molecule has 0 aliphatic rings. The Labute approximate surface area is 93.3 Å². The van der Waals surface area contributed by atoms with Gasteiger partial charge in [0.05, 0.1) is 7.11 Å². The van der Waals surface area contributed by atoms with E-state index in [-0.39, 0.29) is 0 Å². The van der Waals surface area contributed by atoms with Crippen LogP contribution in [0.15, 0.2) is 35.0 Å². The third-order valence-electron chi connectivity index (χ3n) is 2.33. The maximum absolute atomic E-state index is 5.83. The quantitative estimate of drug-likeness (QED) is 0.861. The molecule has 2 rings (SSSR count). The number of nitrogen functional groups attached to an aromatic ring is 1. The Morgan fingerprint density at radius 1 is 1.20 bits per heavy atom. The molecule has 0 saturated carbocycles. The second-order valence-electron chi connectivity index (χ2n) is 3.38. The van der Waals surface area contributed by atoms with Gasteiger partial charge in [0.1, 0.15) is 5.75 Å². The van der Waals surface area contributed by atoms with Crippen LogP contribution in [-0.2, 0) is 6.42 Å². The average molecular weight is 219 g/mol. The highest BCUT2D eigenvalue weighted by Gasteiger charge is 2.01. The van der Waals surface area contributed by atoms with E-state index in [2.05, 4.69) is 17.5 Å². The van der Waals surface area contributed by atoms with Crippen LogP contribution in [0.2, 0.25) is 0 Å². The monoisotopic (exact) mass is 219 g/mol. The summed E-state index contributed by atoms with van der Waals surface area (Å²) in [6.45, 7) is 0. The van der Waals surface area contributed by atoms with Crippen molar-refractivity contribution in [2.45, 2.75) is 6.42 Å². The summed E-state index contributed by atoms with van der Waals surface area (Å²) in [5.41, 5.74) is 9.17. The second-order valence-corrected chi connectivity index (χ2v) is 4.12. The molecule has 0 fully saturated rings. The van der Waals surface area contributed by atoms with Crippen LogP contribution >= 0.6 is 11.3 Å². The van der Waals surface area contributed by atoms with Gasteiger partial charge in [-0.05, 0) is 28.6 Å². The van der Waals surface area contributed by atoms with Crippen LogP contribution in [0.5, 0.6) is 5.75 Å². The van der Waals surface area contributed by atoms with E-state index in [1.54, 1.807) is 18.4 Å². The van der Waals surface area contributed by atoms with Crippen molar-refractivity contribution in [1.29, 1.82) is 0 Å². The first kappa shape index (κ1) is 10.1. The van der Waals surface area contributed by atoms with Gasteiger partial charge in [0, 0.05) is 17.5 Å². The minimum atomic E-state index is 0.885. The van der Waals surface area contributed by atoms with Gasteiger partial charge in [-0.15, -0.1) is 11.3 Å². The lowest BCUT2D eigenvalue weighted by Gasteiger charge is -2.03. The highest BCUT2D eigenvalue weighted by Crippen LogP contribution is 2.21. The molecule has 0 bridgehead atoms. The maximum atomic E-state index is 5.83. The highest BCUT2D eigenvalue weighted by atomic mass is 32.1. The van der Waals surface area contributed by atoms with Crippen LogP contribution in [0.1, 0.15) is 11.1 Å². The third-order valence-corrected chi connectivity index (χ3v) is 3.14. The Morgan fingerprint density at radius 2 is 1.93 bits per heavy atom. The van der Waals surface area contributed by atoms with Gasteiger partial charge in [-0.1, -0.05) is 12.1 Å². The van der Waals surface area contributed by atoms with Crippen molar-refractivity contribution in [3.8, 4) is 5.75 Å². The Hall–Kier alpha value is -1.48. The molecule has 0 saturated heterocycles. The molecule has 0 radical (unpaired) electrons. The van der Waals surface area contributed by atoms with Gasteiger partial charge < -0.3 is 10.5 Å². The average Bonchev–Trinajstić information content (AvgIpc) is 2.66. The number of anilines is 1. The fourth-order valence-electron chi connectivity index (χ4n) is 1.44. The Balaban J connectivity index is 2.14. The largest absolute Gasteiger partial charge is 0.497 e. The lowest BCUT2D eigenvalue weighted by atomic mass is 10.1. The van der Waals surface area contributed by atoms with Gasteiger partial charge in [-0.25, -0.2) is 0 Å². The molecule has 0 spiro atoms. The number of ether oxygens (including phenoxy) is 1. The molecule has 0 aliphatic heterocycles. The molecule has 1 aromatic carbocycles. The van der Waals surface area contributed by atoms with Gasteiger partial charge in [-0.3, -0.25) is 0 Å². The smallest absolute Gasteiger partial charge is 0.118 e. The van der Waals surface area contributed by atoms with Crippen LogP contribution in [0.25, 0.3) is 0 Å². The van der Waals surface area contributed by atoms with E-state index in [1.165, 1.54) is 11.1 Å². The number of benzene rings is 1. The SMILES string of the molecule is COc1ccc(Cc2cscc2N)cc1. The van der Waals surface area contributed by atoms with Crippen LogP contribution in [-0.4, -0.2) is 7.11 Å². The second kappa shape index (κ2) is 4.36. The summed E-state index contributed by atoms with van der Waals surface area (Å²) >= 11 is 1.64. The number of rotatable bonds is 3. The molecule has 3 heteroatoms. The fraction of sp³-hybridized carbons (Fsp3) is 0.167. The molecule has 0 amide bonds. The summed E-state index contributed by atoms with van der Waals surface area (Å²) in [6, 6.07) is 8.07. The van der Waals surface area contributed by atoms with Gasteiger partial charge in [0.15, 0.2) is 0 Å². The zero-order chi connectivity index (χ0) is 10.7. The number of nitrogens with two attached hydrogens (primary N) is 1. The summed E-state index contributed by atoms with van der Waals surface area (Å²) in [5, 5.41) is 4.07. The van der Waals surface area contributed by atoms with Crippen molar-refractivity contribution in [3.63, 3.8) is 0 Å². The van der Waals surface area contributed by atoms with E-state index >= 15 is 0 Å². The first-order chi connectivity index (χ1) is 7.29. The molecule has 2 nitrogen and oxygen atoms in total. The van der Waals surface area contributed by atoms with Crippen LogP contribution in [0.3, 0.4) is 0 Å². The minimum Gasteiger partial charge on any atom is -0.497 e. The van der Waals surface area contributed by atoms with Crippen molar-refractivity contribution in [2.75, 3.05) is 12.8 Å². The summed E-state index contributed by atoms with van der Waals surface area (Å²) in [4.78, 5) is 0. The van der Waals surface area contributed by atoms with Crippen molar-refractivity contribution in [1.82, 2.24) is 0 Å². The topological polar surface area (TPSA) is 35.2 Å². The molecule has 2 N–H and O–H groups in total. The van der Waals surface area contributed by atoms with Crippen molar-refractivity contribution in [2.24, 2.45) is 0 Å². The van der Waals surface area contributed by atoms with E-state index in [9.17, 15) is 0 Å². The van der Waals surface area contributed by atoms with Gasteiger partial charge in [0.25, 0.3) is 0 Å². The van der Waals surface area contributed by atoms with Gasteiger partial charge in [0.2, 0.25) is 0 Å². The molecular formula is C12H13NOS. The van der Waals surface area contributed by atoms with Crippen LogP contribution in [0.4, 0.5) is 5.69 Å². The number of hydrogen-bond donors (Lipinski definition) is 1. The summed E-state index contributed by atoms with van der Waals surface area (Å²) in [7, 11) is 1.67. The number of hydrogen-bond acceptors (Lipinski definition) is 3. The Morgan fingerprint density at radius 3 is 2.47 bits per heavy atom. The molecule has 0 unspecified atom stereocenters. The molecule has 1 aromatic heterocycles. The normalized spacial score (nSPS) is 10.2. The molecule has 78 valence electrons. The number of methoxy groups -OCH3 is 1.